The molecular formula is C18H16ClF2N3O4. The number of amides is 1. The van der Waals surface area contributed by atoms with Gasteiger partial charge in [0.05, 0.1) is 23.7 Å². The molecule has 0 unspecified atom stereocenters. The summed E-state index contributed by atoms with van der Waals surface area (Å²) in [7, 11) is 1.27. The Hall–Kier alpha value is -2.94. The predicted octanol–water partition coefficient (Wildman–Crippen LogP) is 3.50. The molecule has 10 heteroatoms. The van der Waals surface area contributed by atoms with Gasteiger partial charge >= 0.3 is 0 Å². The first-order valence-corrected chi connectivity index (χ1v) is 8.71. The van der Waals surface area contributed by atoms with Crippen molar-refractivity contribution in [3.63, 3.8) is 0 Å². The maximum absolute atomic E-state index is 14.0. The maximum atomic E-state index is 14.0. The lowest BCUT2D eigenvalue weighted by atomic mass is 10.1. The zero-order valence-corrected chi connectivity index (χ0v) is 15.6. The zero-order chi connectivity index (χ0) is 20.4. The Bertz CT molecular complexity index is 933. The van der Waals surface area contributed by atoms with E-state index in [1.165, 1.54) is 30.2 Å². The number of nitrogens with zero attached hydrogens (tertiary/aromatic N) is 3. The van der Waals surface area contributed by atoms with Crippen LogP contribution in [0.5, 0.6) is 5.75 Å². The summed E-state index contributed by atoms with van der Waals surface area (Å²) < 4.78 is 32.7. The number of anilines is 1. The van der Waals surface area contributed by atoms with Crippen LogP contribution in [-0.2, 0) is 0 Å². The first kappa shape index (κ1) is 19.8. The highest BCUT2D eigenvalue weighted by Gasteiger charge is 2.29. The number of carbonyl (C=O) groups excluding carboxylic acids is 1. The number of nitro benzene ring substituents is 1. The fraction of sp³-hybridized carbons (Fsp3) is 0.278. The van der Waals surface area contributed by atoms with Crippen LogP contribution in [0.15, 0.2) is 30.3 Å². The maximum Gasteiger partial charge on any atom is 0.295 e. The Morgan fingerprint density at radius 3 is 2.39 bits per heavy atom. The molecule has 1 fully saturated rings. The average Bonchev–Trinajstić information content (AvgIpc) is 2.67. The van der Waals surface area contributed by atoms with E-state index in [9.17, 15) is 23.7 Å². The molecule has 0 N–H and O–H groups in total. The van der Waals surface area contributed by atoms with Crippen molar-refractivity contribution in [2.45, 2.75) is 0 Å². The van der Waals surface area contributed by atoms with E-state index in [4.69, 9.17) is 16.3 Å². The largest absolute Gasteiger partial charge is 0.494 e. The highest BCUT2D eigenvalue weighted by atomic mass is 35.5. The minimum Gasteiger partial charge on any atom is -0.494 e. The first-order valence-electron chi connectivity index (χ1n) is 8.33. The Balaban J connectivity index is 1.78. The van der Waals surface area contributed by atoms with E-state index >= 15 is 0 Å². The van der Waals surface area contributed by atoms with Crippen molar-refractivity contribution >= 4 is 28.9 Å². The molecule has 1 aliphatic heterocycles. The predicted molar refractivity (Wildman–Crippen MR) is 99.1 cm³/mol. The molecule has 1 heterocycles. The topological polar surface area (TPSA) is 75.9 Å². The summed E-state index contributed by atoms with van der Waals surface area (Å²) in [5, 5.41) is 11.5. The summed E-state index contributed by atoms with van der Waals surface area (Å²) in [4.78, 5) is 26.3. The van der Waals surface area contributed by atoms with E-state index < -0.39 is 22.5 Å². The van der Waals surface area contributed by atoms with Gasteiger partial charge in [-0.1, -0.05) is 11.6 Å². The molecule has 0 aromatic heterocycles. The summed E-state index contributed by atoms with van der Waals surface area (Å²) in [5.74, 6) is -2.13. The number of methoxy groups -OCH3 is 1. The molecule has 0 saturated carbocycles. The number of carbonyl (C=O) groups is 1. The van der Waals surface area contributed by atoms with Gasteiger partial charge in [0, 0.05) is 37.3 Å². The molecule has 3 rings (SSSR count). The summed E-state index contributed by atoms with van der Waals surface area (Å²) in [6.07, 6.45) is 0. The second-order valence-corrected chi connectivity index (χ2v) is 6.57. The van der Waals surface area contributed by atoms with Crippen molar-refractivity contribution in [2.75, 3.05) is 38.2 Å². The lowest BCUT2D eigenvalue weighted by Gasteiger charge is -2.36. The fourth-order valence-corrected chi connectivity index (χ4v) is 3.23. The molecule has 0 atom stereocenters. The smallest absolute Gasteiger partial charge is 0.295 e. The molecule has 0 bridgehead atoms. The molecule has 0 spiro atoms. The van der Waals surface area contributed by atoms with Crippen LogP contribution in [0.1, 0.15) is 10.4 Å². The summed E-state index contributed by atoms with van der Waals surface area (Å²) in [6.45, 7) is 0.961. The van der Waals surface area contributed by atoms with Gasteiger partial charge in [0.15, 0.2) is 11.6 Å². The number of hydrogen-bond acceptors (Lipinski definition) is 5. The lowest BCUT2D eigenvalue weighted by molar-refractivity contribution is -0.384. The van der Waals surface area contributed by atoms with Gasteiger partial charge in [-0.05, 0) is 18.2 Å². The summed E-state index contributed by atoms with van der Waals surface area (Å²) in [5.41, 5.74) is -0.276. The molecule has 0 radical (unpaired) electrons. The molecule has 0 aliphatic carbocycles. The van der Waals surface area contributed by atoms with Gasteiger partial charge in [-0.25, -0.2) is 8.78 Å². The molecule has 148 valence electrons. The lowest BCUT2D eigenvalue weighted by Crippen LogP contribution is -2.49. The number of ether oxygens (including phenoxy) is 1. The third-order valence-electron chi connectivity index (χ3n) is 4.51. The van der Waals surface area contributed by atoms with E-state index in [1.807, 2.05) is 0 Å². The van der Waals surface area contributed by atoms with E-state index in [0.29, 0.717) is 0 Å². The normalized spacial score (nSPS) is 14.1. The average molecular weight is 412 g/mol. The van der Waals surface area contributed by atoms with Crippen molar-refractivity contribution in [1.29, 1.82) is 0 Å². The molecule has 28 heavy (non-hydrogen) atoms. The third-order valence-corrected chi connectivity index (χ3v) is 4.75. The van der Waals surface area contributed by atoms with E-state index in [0.717, 1.165) is 12.1 Å². The van der Waals surface area contributed by atoms with Crippen LogP contribution in [0, 0.1) is 21.7 Å². The van der Waals surface area contributed by atoms with Crippen molar-refractivity contribution in [3.05, 3.63) is 62.7 Å². The Kier molecular flexibility index (Phi) is 5.64. The van der Waals surface area contributed by atoms with Crippen LogP contribution in [0.3, 0.4) is 0 Å². The Morgan fingerprint density at radius 2 is 1.82 bits per heavy atom. The van der Waals surface area contributed by atoms with E-state index in [1.54, 1.807) is 4.90 Å². The quantitative estimate of drug-likeness (QED) is 0.568. The number of nitro groups is 1. The van der Waals surface area contributed by atoms with Crippen LogP contribution in [0.25, 0.3) is 0 Å². The van der Waals surface area contributed by atoms with Gasteiger partial charge in [0.1, 0.15) is 11.5 Å². The Morgan fingerprint density at radius 1 is 1.14 bits per heavy atom. The van der Waals surface area contributed by atoms with Crippen LogP contribution in [-0.4, -0.2) is 49.0 Å². The molecule has 1 saturated heterocycles. The number of piperazine rings is 1. The van der Waals surface area contributed by atoms with Crippen LogP contribution >= 0.6 is 11.6 Å². The SMILES string of the molecule is COc1cc(N2CCN(C(=O)c3ccc(Cl)cc3F)CC2)c([N+](=O)[O-])cc1F. The molecule has 1 aliphatic rings. The van der Waals surface area contributed by atoms with Crippen molar-refractivity contribution < 1.29 is 23.2 Å². The van der Waals surface area contributed by atoms with Gasteiger partial charge < -0.3 is 14.5 Å². The molecule has 2 aromatic rings. The van der Waals surface area contributed by atoms with Crippen molar-refractivity contribution in [3.8, 4) is 5.75 Å². The highest BCUT2D eigenvalue weighted by Crippen LogP contribution is 2.35. The number of benzene rings is 2. The number of hydrogen-bond donors (Lipinski definition) is 0. The summed E-state index contributed by atoms with van der Waals surface area (Å²) in [6, 6.07) is 5.90. The van der Waals surface area contributed by atoms with Gasteiger partial charge in [0.25, 0.3) is 11.6 Å². The van der Waals surface area contributed by atoms with Crippen molar-refractivity contribution in [1.82, 2.24) is 4.90 Å². The molecule has 1 amide bonds. The van der Waals surface area contributed by atoms with Crippen LogP contribution < -0.4 is 9.64 Å². The number of halogens is 3. The molecule has 7 nitrogen and oxygen atoms in total. The molecular weight excluding hydrogens is 396 g/mol. The third kappa shape index (κ3) is 3.84. The van der Waals surface area contributed by atoms with E-state index in [-0.39, 0.29) is 53.9 Å². The monoisotopic (exact) mass is 411 g/mol. The van der Waals surface area contributed by atoms with Crippen LogP contribution in [0.2, 0.25) is 5.02 Å². The minimum atomic E-state index is -0.829. The first-order chi connectivity index (χ1) is 13.3. The fourth-order valence-electron chi connectivity index (χ4n) is 3.07. The van der Waals surface area contributed by atoms with Crippen LogP contribution in [0.4, 0.5) is 20.2 Å². The molecule has 2 aromatic carbocycles. The Labute approximate surface area is 164 Å². The minimum absolute atomic E-state index is 0.0905. The second-order valence-electron chi connectivity index (χ2n) is 6.14. The highest BCUT2D eigenvalue weighted by molar-refractivity contribution is 6.30. The van der Waals surface area contributed by atoms with Gasteiger partial charge in [-0.3, -0.25) is 14.9 Å². The summed E-state index contributed by atoms with van der Waals surface area (Å²) >= 11 is 5.71. The standard InChI is InChI=1S/C18H16ClF2N3O4/c1-28-17-10-15(16(24(26)27)9-14(17)21)22-4-6-23(7-5-22)18(25)12-3-2-11(19)8-13(12)20/h2-3,8-10H,4-7H2,1H3. The van der Waals surface area contributed by atoms with Gasteiger partial charge in [-0.15, -0.1) is 0 Å². The van der Waals surface area contributed by atoms with Gasteiger partial charge in [0.2, 0.25) is 0 Å². The number of rotatable bonds is 4. The second kappa shape index (κ2) is 7.97. The zero-order valence-electron chi connectivity index (χ0n) is 14.8. The van der Waals surface area contributed by atoms with Gasteiger partial charge in [-0.2, -0.15) is 0 Å². The van der Waals surface area contributed by atoms with Crippen molar-refractivity contribution in [2.24, 2.45) is 0 Å². The van der Waals surface area contributed by atoms with E-state index in [2.05, 4.69) is 0 Å².